The molecule has 1 aromatic carbocycles. The van der Waals surface area contributed by atoms with Gasteiger partial charge in [-0.15, -0.1) is 0 Å². The van der Waals surface area contributed by atoms with Crippen molar-refractivity contribution >= 4 is 27.1 Å². The van der Waals surface area contributed by atoms with E-state index in [-0.39, 0.29) is 23.7 Å². The van der Waals surface area contributed by atoms with Crippen LogP contribution < -0.4 is 15.8 Å². The van der Waals surface area contributed by atoms with E-state index in [2.05, 4.69) is 10.6 Å². The number of hydrogen-bond donors (Lipinski definition) is 3. The predicted molar refractivity (Wildman–Crippen MR) is 73.7 cm³/mol. The summed E-state index contributed by atoms with van der Waals surface area (Å²) in [6.45, 7) is 2.38. The molecule has 4 N–H and O–H groups in total. The van der Waals surface area contributed by atoms with Gasteiger partial charge in [-0.1, -0.05) is 6.07 Å². The maximum Gasteiger partial charge on any atom is 0.315 e. The zero-order chi connectivity index (χ0) is 14.5. The van der Waals surface area contributed by atoms with Crippen molar-refractivity contribution in [3.8, 4) is 0 Å². The van der Waals surface area contributed by atoms with E-state index in [1.165, 1.54) is 6.07 Å². The van der Waals surface area contributed by atoms with Gasteiger partial charge in [-0.25, -0.2) is 13.6 Å². The lowest BCUT2D eigenvalue weighted by Gasteiger charge is -2.10. The number of para-hydroxylation sites is 1. The second-order valence-corrected chi connectivity index (χ2v) is 5.52. The van der Waals surface area contributed by atoms with Crippen molar-refractivity contribution in [2.75, 3.05) is 29.5 Å². The van der Waals surface area contributed by atoms with Crippen molar-refractivity contribution in [1.29, 1.82) is 0 Å². The van der Waals surface area contributed by atoms with Crippen LogP contribution in [0.15, 0.2) is 18.2 Å². The smallest absolute Gasteiger partial charge is 0.315 e. The summed E-state index contributed by atoms with van der Waals surface area (Å²) in [6, 6.07) is 4.75. The third kappa shape index (κ3) is 4.72. The Morgan fingerprint density at radius 2 is 1.89 bits per heavy atom. The van der Waals surface area contributed by atoms with Crippen LogP contribution in [0.4, 0.5) is 17.1 Å². The summed E-state index contributed by atoms with van der Waals surface area (Å²) >= 11 is 0. The highest BCUT2D eigenvalue weighted by Crippen LogP contribution is 2.32. The molecule has 0 saturated heterocycles. The van der Waals surface area contributed by atoms with Crippen LogP contribution in [0.5, 0.6) is 0 Å². The van der Waals surface area contributed by atoms with Crippen LogP contribution in [0.3, 0.4) is 0 Å². The Labute approximate surface area is 111 Å². The summed E-state index contributed by atoms with van der Waals surface area (Å²) in [5.74, 6) is -0.296. The van der Waals surface area contributed by atoms with Crippen molar-refractivity contribution < 1.29 is 13.3 Å². The van der Waals surface area contributed by atoms with Crippen LogP contribution >= 0.6 is 0 Å². The number of nitro benzene ring substituents is 1. The Morgan fingerprint density at radius 1 is 1.32 bits per heavy atom. The molecule has 0 aromatic heterocycles. The largest absolute Gasteiger partial charge is 0.380 e. The molecule has 0 saturated carbocycles. The Bertz CT molecular complexity index is 559. The lowest BCUT2D eigenvalue weighted by Crippen LogP contribution is -2.22. The summed E-state index contributed by atoms with van der Waals surface area (Å²) in [5.41, 5.74) is 0.527. The molecule has 1 aromatic rings. The topological polar surface area (TPSA) is 127 Å². The van der Waals surface area contributed by atoms with Crippen LogP contribution in [0, 0.1) is 10.1 Å². The normalized spacial score (nSPS) is 11.1. The van der Waals surface area contributed by atoms with Gasteiger partial charge in [0, 0.05) is 13.1 Å². The molecular weight excluding hydrogens is 272 g/mol. The Hall–Kier alpha value is -1.87. The highest BCUT2D eigenvalue weighted by atomic mass is 32.2. The van der Waals surface area contributed by atoms with Gasteiger partial charge in [-0.3, -0.25) is 10.1 Å². The third-order valence-corrected chi connectivity index (χ3v) is 3.06. The molecule has 0 bridgehead atoms. The SMILES string of the molecule is CCNc1cccc(NCCS(N)(=O)=O)c1[N+](=O)[O-]. The van der Waals surface area contributed by atoms with Crippen molar-refractivity contribution in [1.82, 2.24) is 0 Å². The first-order valence-corrected chi connectivity index (χ1v) is 7.32. The Balaban J connectivity index is 2.93. The minimum atomic E-state index is -3.60. The first-order chi connectivity index (χ1) is 8.85. The number of benzene rings is 1. The third-order valence-electron chi connectivity index (χ3n) is 2.29. The van der Waals surface area contributed by atoms with Gasteiger partial charge in [0.05, 0.1) is 10.7 Å². The van der Waals surface area contributed by atoms with Crippen molar-refractivity contribution in [2.24, 2.45) is 5.14 Å². The van der Waals surface area contributed by atoms with Gasteiger partial charge < -0.3 is 10.6 Å². The lowest BCUT2D eigenvalue weighted by molar-refractivity contribution is -0.383. The van der Waals surface area contributed by atoms with Crippen LogP contribution in [0.2, 0.25) is 0 Å². The number of nitrogens with two attached hydrogens (primary N) is 1. The number of hydrogen-bond acceptors (Lipinski definition) is 6. The maximum atomic E-state index is 11.1. The number of sulfonamides is 1. The number of primary sulfonamides is 1. The molecule has 8 nitrogen and oxygen atoms in total. The molecule has 0 heterocycles. The quantitative estimate of drug-likeness (QED) is 0.501. The molecule has 106 valence electrons. The molecule has 0 amide bonds. The molecule has 19 heavy (non-hydrogen) atoms. The van der Waals surface area contributed by atoms with Crippen LogP contribution in [0.1, 0.15) is 6.92 Å². The van der Waals surface area contributed by atoms with E-state index in [1.807, 2.05) is 6.92 Å². The van der Waals surface area contributed by atoms with Gasteiger partial charge in [0.2, 0.25) is 10.0 Å². The summed E-state index contributed by atoms with van der Waals surface area (Å²) in [5, 5.41) is 21.5. The van der Waals surface area contributed by atoms with Gasteiger partial charge in [-0.2, -0.15) is 0 Å². The molecule has 0 aliphatic heterocycles. The Kier molecular flexibility index (Phi) is 5.07. The minimum Gasteiger partial charge on any atom is -0.380 e. The van der Waals surface area contributed by atoms with E-state index in [0.717, 1.165) is 0 Å². The molecule has 9 heteroatoms. The zero-order valence-corrected chi connectivity index (χ0v) is 11.2. The fourth-order valence-electron chi connectivity index (χ4n) is 1.54. The number of nitrogens with one attached hydrogen (secondary N) is 2. The summed E-state index contributed by atoms with van der Waals surface area (Å²) in [6.07, 6.45) is 0. The molecule has 0 atom stereocenters. The van der Waals surface area contributed by atoms with E-state index in [9.17, 15) is 18.5 Å². The fourth-order valence-corrected chi connectivity index (χ4v) is 1.93. The summed E-state index contributed by atoms with van der Waals surface area (Å²) in [7, 11) is -3.60. The predicted octanol–water partition coefficient (Wildman–Crippen LogP) is 0.727. The van der Waals surface area contributed by atoms with E-state index in [1.54, 1.807) is 12.1 Å². The zero-order valence-electron chi connectivity index (χ0n) is 10.4. The standard InChI is InChI=1S/C10H16N4O4S/c1-2-12-8-4-3-5-9(10(8)14(15)16)13-6-7-19(11,17)18/h3-5,12-13H,2,6-7H2,1H3,(H2,11,17,18). The average Bonchev–Trinajstić information content (AvgIpc) is 2.27. The van der Waals surface area contributed by atoms with E-state index in [0.29, 0.717) is 12.2 Å². The van der Waals surface area contributed by atoms with Crippen molar-refractivity contribution in [3.05, 3.63) is 28.3 Å². The molecular formula is C10H16N4O4S. The first kappa shape index (κ1) is 15.2. The number of rotatable bonds is 7. The van der Waals surface area contributed by atoms with Crippen LogP contribution in [-0.2, 0) is 10.0 Å². The van der Waals surface area contributed by atoms with Gasteiger partial charge in [-0.05, 0) is 19.1 Å². The lowest BCUT2D eigenvalue weighted by atomic mass is 10.2. The fraction of sp³-hybridized carbons (Fsp3) is 0.400. The van der Waals surface area contributed by atoms with Crippen LogP contribution in [-0.4, -0.2) is 32.2 Å². The molecule has 0 radical (unpaired) electrons. The second kappa shape index (κ2) is 6.34. The summed E-state index contributed by atoms with van der Waals surface area (Å²) < 4.78 is 21.6. The molecule has 1 rings (SSSR count). The number of nitro groups is 1. The first-order valence-electron chi connectivity index (χ1n) is 5.60. The van der Waals surface area contributed by atoms with Crippen molar-refractivity contribution in [2.45, 2.75) is 6.92 Å². The maximum absolute atomic E-state index is 11.1. The van der Waals surface area contributed by atoms with E-state index < -0.39 is 14.9 Å². The van der Waals surface area contributed by atoms with Gasteiger partial charge in [0.15, 0.2) is 0 Å². The Morgan fingerprint density at radius 3 is 2.37 bits per heavy atom. The molecule has 0 aliphatic rings. The van der Waals surface area contributed by atoms with E-state index >= 15 is 0 Å². The second-order valence-electron chi connectivity index (χ2n) is 3.78. The highest BCUT2D eigenvalue weighted by Gasteiger charge is 2.19. The molecule has 0 spiro atoms. The highest BCUT2D eigenvalue weighted by molar-refractivity contribution is 7.89. The molecule has 0 fully saturated rings. The summed E-state index contributed by atoms with van der Waals surface area (Å²) in [4.78, 5) is 10.5. The number of nitrogens with zero attached hydrogens (tertiary/aromatic N) is 1. The van der Waals surface area contributed by atoms with Gasteiger partial charge in [0.25, 0.3) is 0 Å². The number of anilines is 2. The minimum absolute atomic E-state index is 0.00918. The van der Waals surface area contributed by atoms with Gasteiger partial charge >= 0.3 is 5.69 Å². The average molecular weight is 288 g/mol. The van der Waals surface area contributed by atoms with E-state index in [4.69, 9.17) is 5.14 Å². The molecule has 0 unspecified atom stereocenters. The van der Waals surface area contributed by atoms with Crippen molar-refractivity contribution in [3.63, 3.8) is 0 Å². The van der Waals surface area contributed by atoms with Gasteiger partial charge in [0.1, 0.15) is 11.4 Å². The van der Waals surface area contributed by atoms with Crippen LogP contribution in [0.25, 0.3) is 0 Å². The monoisotopic (exact) mass is 288 g/mol. The molecule has 0 aliphatic carbocycles.